The average molecular weight is 972 g/mol. The van der Waals surface area contributed by atoms with Crippen molar-refractivity contribution in [2.75, 3.05) is 12.4 Å². The summed E-state index contributed by atoms with van der Waals surface area (Å²) in [5.74, 6) is 2.52. The van der Waals surface area contributed by atoms with Crippen LogP contribution in [-0.2, 0) is 33.7 Å². The summed E-state index contributed by atoms with van der Waals surface area (Å²) in [6, 6.07) is 33.2. The van der Waals surface area contributed by atoms with Crippen molar-refractivity contribution in [2.45, 2.75) is 123 Å². The molecule has 0 saturated heterocycles. The fraction of sp³-hybridized carbons (Fsp3) is 0.364. The fourth-order valence-corrected chi connectivity index (χ4v) is 11.3. The highest BCUT2D eigenvalue weighted by Crippen LogP contribution is 2.52. The van der Waals surface area contributed by atoms with Gasteiger partial charge in [-0.1, -0.05) is 59.6 Å². The number of hydrogen-bond donors (Lipinski definition) is 2. The van der Waals surface area contributed by atoms with Crippen LogP contribution in [0.15, 0.2) is 132 Å². The number of halogens is 2. The van der Waals surface area contributed by atoms with Crippen LogP contribution in [0.3, 0.4) is 0 Å². The number of ether oxygens (including phenoxy) is 3. The van der Waals surface area contributed by atoms with Crippen LogP contribution in [0.5, 0.6) is 11.5 Å². The third kappa shape index (κ3) is 11.2. The smallest absolute Gasteiger partial charge is 0.319 e. The maximum absolute atomic E-state index is 13.4. The summed E-state index contributed by atoms with van der Waals surface area (Å²) in [7, 11) is 0. The van der Waals surface area contributed by atoms with Crippen LogP contribution >= 0.6 is 46.7 Å². The minimum atomic E-state index is -0.350. The van der Waals surface area contributed by atoms with E-state index < -0.39 is 0 Å². The lowest BCUT2D eigenvalue weighted by Crippen LogP contribution is -2.29. The zero-order valence-corrected chi connectivity index (χ0v) is 40.9. The molecular weight excluding hydrogens is 916 g/mol. The Balaban J connectivity index is 0.758. The summed E-state index contributed by atoms with van der Waals surface area (Å²) in [4.78, 5) is 24.7. The van der Waals surface area contributed by atoms with E-state index in [1.807, 2.05) is 62.0 Å². The lowest BCUT2D eigenvalue weighted by molar-refractivity contribution is -0.142. The number of nitrogens with one attached hydrogen (secondary N) is 2. The van der Waals surface area contributed by atoms with Crippen molar-refractivity contribution in [3.8, 4) is 33.8 Å². The molecule has 2 N–H and O–H groups in total. The molecule has 8 nitrogen and oxygen atoms in total. The molecule has 4 fully saturated rings. The van der Waals surface area contributed by atoms with E-state index in [0.29, 0.717) is 43.3 Å². The first-order valence-corrected chi connectivity index (χ1v) is 26.4. The van der Waals surface area contributed by atoms with E-state index in [1.54, 1.807) is 23.5 Å². The van der Waals surface area contributed by atoms with Crippen LogP contribution in [0, 0.1) is 0 Å². The van der Waals surface area contributed by atoms with Gasteiger partial charge in [0.05, 0.1) is 18.8 Å². The van der Waals surface area contributed by atoms with Gasteiger partial charge in [-0.25, -0.2) is 0 Å². The molecule has 0 amide bonds. The molecule has 67 heavy (non-hydrogen) atoms. The number of benzene rings is 4. The Labute approximate surface area is 412 Å². The molecule has 12 heteroatoms. The van der Waals surface area contributed by atoms with E-state index in [0.717, 1.165) is 123 Å². The first-order chi connectivity index (χ1) is 32.8. The van der Waals surface area contributed by atoms with E-state index in [1.165, 1.54) is 11.1 Å². The maximum atomic E-state index is 13.4. The summed E-state index contributed by atoms with van der Waals surface area (Å²) in [5.41, 5.74) is 8.55. The van der Waals surface area contributed by atoms with Gasteiger partial charge >= 0.3 is 5.97 Å². The Kier molecular flexibility index (Phi) is 14.2. The van der Waals surface area contributed by atoms with Crippen LogP contribution in [0.2, 0.25) is 10.0 Å². The quantitative estimate of drug-likeness (QED) is 0.0367. The van der Waals surface area contributed by atoms with Gasteiger partial charge in [-0.05, 0) is 171 Å². The normalized spacial score (nSPS) is 17.1. The molecule has 0 bridgehead atoms. The van der Waals surface area contributed by atoms with Crippen molar-refractivity contribution in [3.05, 3.63) is 154 Å². The van der Waals surface area contributed by atoms with Gasteiger partial charge in [-0.2, -0.15) is 0 Å². The SMILES string of the molecule is CCOC(=O)C(CCCSc1ccc(Cl)c(CNC2(c3cnccc3-c3ccccc3OC3CC3)CC2)c1)Sc1ccc(Cl)c(CNC2(c3cnccc3-c3ccccc3OC3CC3)CC2)c1. The Morgan fingerprint density at radius 2 is 1.19 bits per heavy atom. The maximum Gasteiger partial charge on any atom is 0.319 e. The van der Waals surface area contributed by atoms with Crippen molar-refractivity contribution >= 4 is 52.7 Å². The second kappa shape index (κ2) is 20.6. The zero-order chi connectivity index (χ0) is 45.8. The second-order valence-corrected chi connectivity index (χ2v) is 21.5. The molecule has 2 aromatic heterocycles. The van der Waals surface area contributed by atoms with Crippen LogP contribution in [0.1, 0.15) is 93.4 Å². The number of carbonyl (C=O) groups excluding carboxylic acids is 1. The molecule has 0 aliphatic heterocycles. The second-order valence-electron chi connectivity index (χ2n) is 18.2. The summed E-state index contributed by atoms with van der Waals surface area (Å²) in [5, 5.41) is 8.84. The Morgan fingerprint density at radius 1 is 0.687 bits per heavy atom. The van der Waals surface area contributed by atoms with E-state index >= 15 is 0 Å². The van der Waals surface area contributed by atoms with Crippen molar-refractivity contribution in [1.29, 1.82) is 0 Å². The predicted molar refractivity (Wildman–Crippen MR) is 271 cm³/mol. The Bertz CT molecular complexity index is 2720. The summed E-state index contributed by atoms with van der Waals surface area (Å²) in [6.07, 6.45) is 18.4. The molecule has 4 saturated carbocycles. The number of carbonyl (C=O) groups is 1. The van der Waals surface area contributed by atoms with Gasteiger partial charge in [0.2, 0.25) is 0 Å². The first kappa shape index (κ1) is 46.2. The van der Waals surface area contributed by atoms with Gasteiger partial charge in [0.15, 0.2) is 0 Å². The number of para-hydroxylation sites is 2. The molecule has 1 atom stereocenters. The molecule has 0 spiro atoms. The minimum Gasteiger partial charge on any atom is -0.490 e. The topological polar surface area (TPSA) is 94.6 Å². The van der Waals surface area contributed by atoms with Gasteiger partial charge in [0.1, 0.15) is 16.7 Å². The Hall–Kier alpha value is -4.55. The summed E-state index contributed by atoms with van der Waals surface area (Å²) in [6.45, 7) is 3.41. The van der Waals surface area contributed by atoms with E-state index in [4.69, 9.17) is 37.4 Å². The molecular formula is C55H56Cl2N4O4S2. The molecule has 1 unspecified atom stereocenters. The number of hydrogen-bond acceptors (Lipinski definition) is 10. The number of pyridine rings is 2. The number of esters is 1. The highest BCUT2D eigenvalue weighted by molar-refractivity contribution is 8.00. The lowest BCUT2D eigenvalue weighted by Gasteiger charge is -2.23. The van der Waals surface area contributed by atoms with Crippen LogP contribution in [0.4, 0.5) is 0 Å². The number of thioether (sulfide) groups is 2. The average Bonchev–Trinajstić information content (AvgIpc) is 4.11. The van der Waals surface area contributed by atoms with E-state index in [-0.39, 0.29) is 22.3 Å². The molecule has 0 radical (unpaired) electrons. The van der Waals surface area contributed by atoms with Gasteiger partial charge < -0.3 is 24.8 Å². The van der Waals surface area contributed by atoms with Crippen molar-refractivity contribution in [1.82, 2.24) is 20.6 Å². The van der Waals surface area contributed by atoms with E-state index in [2.05, 4.69) is 87.3 Å². The van der Waals surface area contributed by atoms with Crippen molar-refractivity contribution < 1.29 is 19.0 Å². The van der Waals surface area contributed by atoms with Crippen molar-refractivity contribution in [2.24, 2.45) is 0 Å². The zero-order valence-electron chi connectivity index (χ0n) is 37.8. The number of aromatic nitrogens is 2. The van der Waals surface area contributed by atoms with Gasteiger partial charge in [0, 0.05) is 79.9 Å². The number of rotatable bonds is 23. The molecule has 4 aliphatic carbocycles. The van der Waals surface area contributed by atoms with Crippen molar-refractivity contribution in [3.63, 3.8) is 0 Å². The molecule has 6 aromatic rings. The number of nitrogens with zero attached hydrogens (tertiary/aromatic N) is 2. The van der Waals surface area contributed by atoms with Gasteiger partial charge in [-0.3, -0.25) is 14.8 Å². The lowest BCUT2D eigenvalue weighted by atomic mass is 9.94. The molecule has 2 heterocycles. The molecule has 10 rings (SSSR count). The standard InChI is InChI=1S/C55H56Cl2N4O4S2/c1-2-63-53(62)52(67-41-18-20-49(57)37(31-41)33-61-55(25-26-55)47-35-59-28-22-43(47)45-9-4-6-11-51(45)65-39-15-16-39)12-7-29-66-40-17-19-48(56)36(30-40)32-60-54(23-24-54)46-34-58-27-21-42(46)44-8-3-5-10-50(44)64-38-13-14-38/h3-6,8-11,17-22,27-28,30-31,34-35,38-39,52,60-61H,2,7,12-16,23-26,29,32-33H2,1H3. The van der Waals surface area contributed by atoms with Crippen LogP contribution < -0.4 is 20.1 Å². The van der Waals surface area contributed by atoms with Crippen LogP contribution in [0.25, 0.3) is 22.3 Å². The van der Waals surface area contributed by atoms with Gasteiger partial charge in [-0.15, -0.1) is 23.5 Å². The molecule has 4 aromatic carbocycles. The fourth-order valence-electron chi connectivity index (χ4n) is 8.82. The third-order valence-electron chi connectivity index (χ3n) is 13.1. The summed E-state index contributed by atoms with van der Waals surface area (Å²) >= 11 is 17.0. The monoisotopic (exact) mass is 970 g/mol. The van der Waals surface area contributed by atoms with Gasteiger partial charge in [0.25, 0.3) is 0 Å². The third-order valence-corrected chi connectivity index (χ3v) is 16.2. The Morgan fingerprint density at radius 3 is 1.70 bits per heavy atom. The molecule has 4 aliphatic rings. The highest BCUT2D eigenvalue weighted by Gasteiger charge is 2.47. The first-order valence-electron chi connectivity index (χ1n) is 23.7. The minimum absolute atomic E-state index is 0.175. The predicted octanol–water partition coefficient (Wildman–Crippen LogP) is 13.4. The van der Waals surface area contributed by atoms with Crippen LogP contribution in [-0.4, -0.2) is 45.8 Å². The highest BCUT2D eigenvalue weighted by atomic mass is 35.5. The largest absolute Gasteiger partial charge is 0.490 e. The van der Waals surface area contributed by atoms with E-state index in [9.17, 15) is 4.79 Å². The summed E-state index contributed by atoms with van der Waals surface area (Å²) < 4.78 is 18.3. The molecule has 346 valence electrons.